The van der Waals surface area contributed by atoms with Crippen LogP contribution in [0, 0.1) is 0 Å². The predicted molar refractivity (Wildman–Crippen MR) is 46.9 cm³/mol. The Bertz CT molecular complexity index is 275. The van der Waals surface area contributed by atoms with Crippen LogP contribution < -0.4 is 0 Å². The SMILES string of the molecule is O=P(O)(O)O[C@H]1O[C@H](CO)[C@@H](O)[C@@H](O)[C@H]1O. The van der Waals surface area contributed by atoms with Crippen LogP contribution in [0.3, 0.4) is 0 Å². The molecule has 0 unspecified atom stereocenters. The summed E-state index contributed by atoms with van der Waals surface area (Å²) in [6.45, 7) is -0.702. The number of hydrogen-bond donors (Lipinski definition) is 6. The van der Waals surface area contributed by atoms with Crippen LogP contribution in [0.15, 0.2) is 0 Å². The third kappa shape index (κ3) is 3.20. The van der Waals surface area contributed by atoms with Crippen molar-refractivity contribution in [2.24, 2.45) is 0 Å². The Morgan fingerprint density at radius 1 is 1.12 bits per heavy atom. The van der Waals surface area contributed by atoms with Gasteiger partial charge in [0, 0.05) is 0 Å². The van der Waals surface area contributed by atoms with Gasteiger partial charge in [0.15, 0.2) is 6.29 Å². The highest BCUT2D eigenvalue weighted by atomic mass is 31.2. The molecule has 0 saturated carbocycles. The summed E-state index contributed by atoms with van der Waals surface area (Å²) in [5.41, 5.74) is 0. The van der Waals surface area contributed by atoms with Crippen LogP contribution in [0.4, 0.5) is 0 Å². The zero-order valence-electron chi connectivity index (χ0n) is 7.95. The van der Waals surface area contributed by atoms with Crippen molar-refractivity contribution in [1.82, 2.24) is 0 Å². The Morgan fingerprint density at radius 2 is 1.69 bits per heavy atom. The van der Waals surface area contributed by atoms with Crippen molar-refractivity contribution in [3.05, 3.63) is 0 Å². The highest BCUT2D eigenvalue weighted by Crippen LogP contribution is 2.40. The molecular weight excluding hydrogens is 247 g/mol. The standard InChI is InChI=1S/C6H13O9P/c7-1-2-3(8)4(9)5(10)6(14-2)15-16(11,12)13/h2-10H,1H2,(H2,11,12,13)/t2-,3-,4-,5-,6-/m1/s1. The Kier molecular flexibility index (Phi) is 4.41. The van der Waals surface area contributed by atoms with E-state index in [1.165, 1.54) is 0 Å². The molecule has 0 aromatic heterocycles. The third-order valence-corrected chi connectivity index (χ3v) is 2.57. The van der Waals surface area contributed by atoms with E-state index in [1.807, 2.05) is 0 Å². The highest BCUT2D eigenvalue weighted by Gasteiger charge is 2.46. The molecule has 0 bridgehead atoms. The molecule has 1 saturated heterocycles. The van der Waals surface area contributed by atoms with Crippen molar-refractivity contribution in [3.63, 3.8) is 0 Å². The van der Waals surface area contributed by atoms with Crippen LogP contribution in [0.2, 0.25) is 0 Å². The van der Waals surface area contributed by atoms with E-state index in [1.54, 1.807) is 0 Å². The average Bonchev–Trinajstić information content (AvgIpc) is 2.17. The number of aliphatic hydroxyl groups excluding tert-OH is 4. The zero-order valence-corrected chi connectivity index (χ0v) is 8.84. The first-order valence-corrected chi connectivity index (χ1v) is 5.83. The van der Waals surface area contributed by atoms with Gasteiger partial charge in [-0.3, -0.25) is 4.52 Å². The van der Waals surface area contributed by atoms with Gasteiger partial charge in [0.2, 0.25) is 0 Å². The van der Waals surface area contributed by atoms with Gasteiger partial charge in [0.1, 0.15) is 24.4 Å². The molecule has 10 heteroatoms. The van der Waals surface area contributed by atoms with E-state index in [9.17, 15) is 19.9 Å². The van der Waals surface area contributed by atoms with E-state index in [0.29, 0.717) is 0 Å². The molecule has 0 radical (unpaired) electrons. The molecular formula is C6H13O9P. The summed E-state index contributed by atoms with van der Waals surface area (Å²) in [6.07, 6.45) is -8.25. The van der Waals surface area contributed by atoms with Gasteiger partial charge in [-0.15, -0.1) is 0 Å². The fourth-order valence-corrected chi connectivity index (χ4v) is 1.73. The summed E-state index contributed by atoms with van der Waals surface area (Å²) in [5.74, 6) is 0. The second kappa shape index (κ2) is 5.05. The molecule has 1 aliphatic rings. The minimum atomic E-state index is -4.91. The lowest BCUT2D eigenvalue weighted by molar-refractivity contribution is -0.280. The maximum absolute atomic E-state index is 10.5. The minimum absolute atomic E-state index is 0.702. The molecule has 5 atom stereocenters. The van der Waals surface area contributed by atoms with Gasteiger partial charge in [-0.2, -0.15) is 0 Å². The highest BCUT2D eigenvalue weighted by molar-refractivity contribution is 7.46. The van der Waals surface area contributed by atoms with Crippen LogP contribution in [0.5, 0.6) is 0 Å². The minimum Gasteiger partial charge on any atom is -0.394 e. The summed E-state index contributed by atoms with van der Waals surface area (Å²) in [5, 5.41) is 36.6. The van der Waals surface area contributed by atoms with E-state index in [2.05, 4.69) is 9.26 Å². The first kappa shape index (κ1) is 14.0. The Balaban J connectivity index is 2.75. The van der Waals surface area contributed by atoms with Gasteiger partial charge in [0.25, 0.3) is 0 Å². The lowest BCUT2D eigenvalue weighted by atomic mass is 10.00. The molecule has 1 rings (SSSR count). The maximum atomic E-state index is 10.5. The van der Waals surface area contributed by atoms with Crippen molar-refractivity contribution in [2.75, 3.05) is 6.61 Å². The molecule has 0 spiro atoms. The summed E-state index contributed by atoms with van der Waals surface area (Å²) < 4.78 is 19.2. The van der Waals surface area contributed by atoms with Crippen LogP contribution in [0.1, 0.15) is 0 Å². The van der Waals surface area contributed by atoms with E-state index >= 15 is 0 Å². The molecule has 1 heterocycles. The van der Waals surface area contributed by atoms with Crippen molar-refractivity contribution in [3.8, 4) is 0 Å². The largest absolute Gasteiger partial charge is 0.472 e. The van der Waals surface area contributed by atoms with Gasteiger partial charge in [-0.25, -0.2) is 4.57 Å². The fourth-order valence-electron chi connectivity index (χ4n) is 1.29. The van der Waals surface area contributed by atoms with E-state index in [4.69, 9.17) is 14.9 Å². The molecule has 1 fully saturated rings. The molecule has 0 aliphatic carbocycles. The summed E-state index contributed by atoms with van der Waals surface area (Å²) >= 11 is 0. The van der Waals surface area contributed by atoms with Gasteiger partial charge in [-0.05, 0) is 0 Å². The fraction of sp³-hybridized carbons (Fsp3) is 1.00. The number of ether oxygens (including phenoxy) is 1. The van der Waals surface area contributed by atoms with Crippen LogP contribution >= 0.6 is 7.82 Å². The van der Waals surface area contributed by atoms with Crippen molar-refractivity contribution in [2.45, 2.75) is 30.7 Å². The second-order valence-electron chi connectivity index (χ2n) is 3.29. The van der Waals surface area contributed by atoms with E-state index < -0.39 is 45.1 Å². The molecule has 0 aromatic rings. The first-order valence-electron chi connectivity index (χ1n) is 4.30. The summed E-state index contributed by atoms with van der Waals surface area (Å²) in [4.78, 5) is 17.0. The van der Waals surface area contributed by atoms with Crippen LogP contribution in [-0.4, -0.2) is 67.5 Å². The number of phosphoric acid groups is 1. The molecule has 0 aromatic carbocycles. The quantitative estimate of drug-likeness (QED) is 0.289. The van der Waals surface area contributed by atoms with Crippen LogP contribution in [-0.2, 0) is 13.8 Å². The summed E-state index contributed by atoms with van der Waals surface area (Å²) in [6, 6.07) is 0. The van der Waals surface area contributed by atoms with E-state index in [-0.39, 0.29) is 0 Å². The Labute approximate surface area is 90.1 Å². The first-order chi connectivity index (χ1) is 7.26. The number of rotatable bonds is 3. The maximum Gasteiger partial charge on any atom is 0.472 e. The topological polar surface area (TPSA) is 157 Å². The third-order valence-electron chi connectivity index (χ3n) is 2.09. The van der Waals surface area contributed by atoms with Gasteiger partial charge >= 0.3 is 7.82 Å². The molecule has 6 N–H and O–H groups in total. The molecule has 9 nitrogen and oxygen atoms in total. The lowest BCUT2D eigenvalue weighted by Crippen LogP contribution is -2.58. The monoisotopic (exact) mass is 260 g/mol. The number of aliphatic hydroxyl groups is 4. The molecule has 96 valence electrons. The predicted octanol–water partition coefficient (Wildman–Crippen LogP) is -3.10. The number of hydrogen-bond acceptors (Lipinski definition) is 7. The lowest BCUT2D eigenvalue weighted by Gasteiger charge is -2.39. The number of phosphoric ester groups is 1. The Morgan fingerprint density at radius 3 is 2.12 bits per heavy atom. The van der Waals surface area contributed by atoms with Crippen molar-refractivity contribution >= 4 is 7.82 Å². The zero-order chi connectivity index (χ0) is 12.5. The normalized spacial score (nSPS) is 41.0. The smallest absolute Gasteiger partial charge is 0.394 e. The molecule has 1 aliphatic heterocycles. The Hall–Kier alpha value is -0.0900. The summed E-state index contributed by atoms with van der Waals surface area (Å²) in [7, 11) is -4.91. The second-order valence-corrected chi connectivity index (χ2v) is 4.49. The van der Waals surface area contributed by atoms with Gasteiger partial charge < -0.3 is 34.9 Å². The van der Waals surface area contributed by atoms with Crippen LogP contribution in [0.25, 0.3) is 0 Å². The average molecular weight is 260 g/mol. The molecule has 0 amide bonds. The van der Waals surface area contributed by atoms with Crippen molar-refractivity contribution < 1.29 is 44.0 Å². The molecule has 16 heavy (non-hydrogen) atoms. The van der Waals surface area contributed by atoms with E-state index in [0.717, 1.165) is 0 Å². The van der Waals surface area contributed by atoms with Gasteiger partial charge in [-0.1, -0.05) is 0 Å². The van der Waals surface area contributed by atoms with Crippen molar-refractivity contribution in [1.29, 1.82) is 0 Å². The van der Waals surface area contributed by atoms with Gasteiger partial charge in [0.05, 0.1) is 6.61 Å².